The number of aliphatic carboxylic acids is 1. The summed E-state index contributed by atoms with van der Waals surface area (Å²) in [7, 11) is 1.23. The van der Waals surface area contributed by atoms with Gasteiger partial charge in [0.15, 0.2) is 0 Å². The molecule has 0 bridgehead atoms. The normalized spacial score (nSPS) is 23.5. The molecule has 0 aromatic heterocycles. The molecule has 2 unspecified atom stereocenters. The van der Waals surface area contributed by atoms with Gasteiger partial charge < -0.3 is 20.1 Å². The van der Waals surface area contributed by atoms with Gasteiger partial charge in [0.25, 0.3) is 6.43 Å². The van der Waals surface area contributed by atoms with Gasteiger partial charge in [-0.15, -0.1) is 0 Å². The van der Waals surface area contributed by atoms with E-state index in [1.807, 2.05) is 0 Å². The number of halogens is 2. The Morgan fingerprint density at radius 3 is 2.68 bits per heavy atom. The second-order valence-electron chi connectivity index (χ2n) is 4.57. The van der Waals surface area contributed by atoms with Crippen molar-refractivity contribution in [3.63, 3.8) is 0 Å². The zero-order valence-corrected chi connectivity index (χ0v) is 10.6. The van der Waals surface area contributed by atoms with E-state index in [2.05, 4.69) is 10.1 Å². The fraction of sp³-hybridized carbons (Fsp3) is 0.818. The van der Waals surface area contributed by atoms with Crippen molar-refractivity contribution in [1.82, 2.24) is 10.2 Å². The molecule has 1 aliphatic rings. The molecule has 1 heterocycles. The quantitative estimate of drug-likeness (QED) is 0.777. The van der Waals surface area contributed by atoms with Crippen LogP contribution in [0.1, 0.15) is 12.8 Å². The van der Waals surface area contributed by atoms with Crippen LogP contribution in [0, 0.1) is 5.92 Å². The Morgan fingerprint density at radius 2 is 2.16 bits per heavy atom. The van der Waals surface area contributed by atoms with Crippen molar-refractivity contribution in [2.45, 2.75) is 25.3 Å². The number of likely N-dealkylation sites (tertiary alicyclic amines) is 1. The summed E-state index contributed by atoms with van der Waals surface area (Å²) >= 11 is 0. The average Bonchev–Trinajstić information content (AvgIpc) is 2.34. The molecule has 8 heteroatoms. The van der Waals surface area contributed by atoms with E-state index < -0.39 is 25.0 Å². The predicted molar refractivity (Wildman–Crippen MR) is 62.1 cm³/mol. The number of alkyl halides is 2. The van der Waals surface area contributed by atoms with E-state index in [1.165, 1.54) is 12.0 Å². The maximum absolute atomic E-state index is 12.2. The highest BCUT2D eigenvalue weighted by Crippen LogP contribution is 2.21. The van der Waals surface area contributed by atoms with E-state index in [9.17, 15) is 18.4 Å². The second-order valence-corrected chi connectivity index (χ2v) is 4.57. The van der Waals surface area contributed by atoms with E-state index in [0.29, 0.717) is 6.42 Å². The Bertz CT molecular complexity index is 328. The van der Waals surface area contributed by atoms with Crippen LogP contribution in [-0.4, -0.2) is 61.3 Å². The number of carboxylic acid groups (broad SMARTS) is 1. The minimum atomic E-state index is -2.48. The van der Waals surface area contributed by atoms with E-state index in [0.717, 1.165) is 0 Å². The predicted octanol–water partition coefficient (Wildman–Crippen LogP) is 0.773. The molecule has 2 N–H and O–H groups in total. The number of amides is 1. The number of nitrogens with one attached hydrogen (secondary N) is 1. The number of rotatable bonds is 5. The van der Waals surface area contributed by atoms with Crippen LogP contribution in [0.5, 0.6) is 0 Å². The van der Waals surface area contributed by atoms with Crippen molar-refractivity contribution in [2.24, 2.45) is 5.92 Å². The van der Waals surface area contributed by atoms with Gasteiger partial charge in [-0.25, -0.2) is 13.6 Å². The topological polar surface area (TPSA) is 78.9 Å². The molecule has 0 aromatic carbocycles. The summed E-state index contributed by atoms with van der Waals surface area (Å²) in [6, 6.07) is -0.341. The van der Waals surface area contributed by atoms with Gasteiger partial charge >= 0.3 is 12.1 Å². The van der Waals surface area contributed by atoms with Gasteiger partial charge in [-0.1, -0.05) is 0 Å². The highest BCUT2D eigenvalue weighted by atomic mass is 19.3. The highest BCUT2D eigenvalue weighted by Gasteiger charge is 2.31. The smallest absolute Gasteiger partial charge is 0.409 e. The SMILES string of the molecule is COC(=O)N1CC(CC(=O)O)CC(NCC(F)F)C1. The number of hydrogen-bond acceptors (Lipinski definition) is 4. The lowest BCUT2D eigenvalue weighted by Crippen LogP contribution is -2.52. The Hall–Kier alpha value is -1.44. The zero-order valence-electron chi connectivity index (χ0n) is 10.6. The maximum Gasteiger partial charge on any atom is 0.409 e. The summed E-state index contributed by atoms with van der Waals surface area (Å²) in [4.78, 5) is 23.5. The van der Waals surface area contributed by atoms with Crippen molar-refractivity contribution >= 4 is 12.1 Å². The van der Waals surface area contributed by atoms with E-state index in [-0.39, 0.29) is 31.5 Å². The first-order valence-corrected chi connectivity index (χ1v) is 5.98. The number of methoxy groups -OCH3 is 1. The van der Waals surface area contributed by atoms with E-state index >= 15 is 0 Å². The van der Waals surface area contributed by atoms with Crippen molar-refractivity contribution < 1.29 is 28.2 Å². The third kappa shape index (κ3) is 5.37. The Kier molecular flexibility index (Phi) is 5.94. The van der Waals surface area contributed by atoms with Crippen LogP contribution in [-0.2, 0) is 9.53 Å². The fourth-order valence-corrected chi connectivity index (χ4v) is 2.28. The Labute approximate surface area is 109 Å². The molecule has 19 heavy (non-hydrogen) atoms. The van der Waals surface area contributed by atoms with E-state index in [1.54, 1.807) is 0 Å². The first-order valence-electron chi connectivity index (χ1n) is 5.98. The van der Waals surface area contributed by atoms with Crippen LogP contribution in [0.25, 0.3) is 0 Å². The number of carboxylic acids is 1. The number of ether oxygens (including phenoxy) is 1. The first kappa shape index (κ1) is 15.6. The number of piperidine rings is 1. The molecule has 6 nitrogen and oxygen atoms in total. The van der Waals surface area contributed by atoms with Gasteiger partial charge in [0, 0.05) is 25.6 Å². The first-order chi connectivity index (χ1) is 8.92. The van der Waals surface area contributed by atoms with Crippen LogP contribution in [0.2, 0.25) is 0 Å². The van der Waals surface area contributed by atoms with Crippen LogP contribution < -0.4 is 5.32 Å². The largest absolute Gasteiger partial charge is 0.481 e. The molecule has 1 saturated heterocycles. The van der Waals surface area contributed by atoms with Gasteiger partial charge in [-0.3, -0.25) is 4.79 Å². The molecule has 1 amide bonds. The third-order valence-corrected chi connectivity index (χ3v) is 2.99. The molecular formula is C11H18F2N2O4. The number of carbonyl (C=O) groups excluding carboxylic acids is 1. The Morgan fingerprint density at radius 1 is 1.47 bits per heavy atom. The van der Waals surface area contributed by atoms with Crippen molar-refractivity contribution in [1.29, 1.82) is 0 Å². The molecule has 110 valence electrons. The molecule has 1 fully saturated rings. The molecule has 1 aliphatic heterocycles. The summed E-state index contributed by atoms with van der Waals surface area (Å²) in [6.45, 7) is 0.0425. The second kappa shape index (κ2) is 7.22. The monoisotopic (exact) mass is 280 g/mol. The molecule has 1 rings (SSSR count). The molecular weight excluding hydrogens is 262 g/mol. The van der Waals surface area contributed by atoms with Gasteiger partial charge in [0.2, 0.25) is 0 Å². The number of hydrogen-bond donors (Lipinski definition) is 2. The highest BCUT2D eigenvalue weighted by molar-refractivity contribution is 5.69. The average molecular weight is 280 g/mol. The summed E-state index contributed by atoms with van der Waals surface area (Å²) in [6.07, 6.45) is -2.70. The van der Waals surface area contributed by atoms with Crippen LogP contribution in [0.15, 0.2) is 0 Å². The van der Waals surface area contributed by atoms with Gasteiger partial charge in [0.1, 0.15) is 0 Å². The molecule has 0 radical (unpaired) electrons. The van der Waals surface area contributed by atoms with Crippen molar-refractivity contribution in [3.05, 3.63) is 0 Å². The lowest BCUT2D eigenvalue weighted by molar-refractivity contribution is -0.138. The number of carbonyl (C=O) groups is 2. The van der Waals surface area contributed by atoms with Crippen LogP contribution >= 0.6 is 0 Å². The minimum Gasteiger partial charge on any atom is -0.481 e. The van der Waals surface area contributed by atoms with Crippen LogP contribution in [0.4, 0.5) is 13.6 Å². The standard InChI is InChI=1S/C11H18F2N2O4/c1-19-11(18)15-5-7(3-10(16)17)2-8(6-15)14-4-9(12)13/h7-9,14H,2-6H2,1H3,(H,16,17). The zero-order chi connectivity index (χ0) is 14.4. The third-order valence-electron chi connectivity index (χ3n) is 2.99. The van der Waals surface area contributed by atoms with Gasteiger partial charge in [-0.2, -0.15) is 0 Å². The maximum atomic E-state index is 12.2. The van der Waals surface area contributed by atoms with Crippen molar-refractivity contribution in [2.75, 3.05) is 26.7 Å². The number of nitrogens with zero attached hydrogens (tertiary/aromatic N) is 1. The summed E-state index contributed by atoms with van der Waals surface area (Å²) < 4.78 is 28.9. The summed E-state index contributed by atoms with van der Waals surface area (Å²) in [5.41, 5.74) is 0. The van der Waals surface area contributed by atoms with Crippen LogP contribution in [0.3, 0.4) is 0 Å². The molecule has 2 atom stereocenters. The Balaban J connectivity index is 2.60. The molecule has 0 saturated carbocycles. The molecule has 0 aliphatic carbocycles. The van der Waals surface area contributed by atoms with Gasteiger partial charge in [-0.05, 0) is 12.3 Å². The van der Waals surface area contributed by atoms with E-state index in [4.69, 9.17) is 5.11 Å². The summed E-state index contributed by atoms with van der Waals surface area (Å²) in [5.74, 6) is -1.23. The lowest BCUT2D eigenvalue weighted by Gasteiger charge is -2.36. The molecule has 0 spiro atoms. The fourth-order valence-electron chi connectivity index (χ4n) is 2.28. The lowest BCUT2D eigenvalue weighted by atomic mass is 9.91. The van der Waals surface area contributed by atoms with Gasteiger partial charge in [0.05, 0.1) is 13.7 Å². The van der Waals surface area contributed by atoms with Crippen molar-refractivity contribution in [3.8, 4) is 0 Å². The summed E-state index contributed by atoms with van der Waals surface area (Å²) in [5, 5.41) is 11.4. The molecule has 0 aromatic rings. The minimum absolute atomic E-state index is 0.0969.